The molecule has 4 rings (SSSR count). The van der Waals surface area contributed by atoms with Crippen LogP contribution in [-0.4, -0.2) is 48.4 Å². The molecule has 210 valence electrons. The molecule has 1 aliphatic heterocycles. The summed E-state index contributed by atoms with van der Waals surface area (Å²) < 4.78 is 21.4. The first-order chi connectivity index (χ1) is 19.8. The Labute approximate surface area is 237 Å². The molecule has 41 heavy (non-hydrogen) atoms. The third-order valence-corrected chi connectivity index (χ3v) is 6.15. The van der Waals surface area contributed by atoms with Gasteiger partial charge < -0.3 is 18.9 Å². The Balaban J connectivity index is 1.26. The summed E-state index contributed by atoms with van der Waals surface area (Å²) in [6.07, 6.45) is 4.23. The number of carbonyl (C=O) groups excluding carboxylic acids is 4. The molecular formula is C32H29NO8. The highest BCUT2D eigenvalue weighted by molar-refractivity contribution is 6.12. The fourth-order valence-electron chi connectivity index (χ4n) is 4.08. The molecule has 0 spiro atoms. The number of imide groups is 1. The molecule has 0 radical (unpaired) electrons. The van der Waals surface area contributed by atoms with Crippen LogP contribution in [0.1, 0.15) is 28.8 Å². The van der Waals surface area contributed by atoms with E-state index in [1.807, 2.05) is 37.3 Å². The van der Waals surface area contributed by atoms with Gasteiger partial charge in [0.2, 0.25) is 0 Å². The van der Waals surface area contributed by atoms with Gasteiger partial charge in [-0.1, -0.05) is 24.8 Å². The van der Waals surface area contributed by atoms with Gasteiger partial charge in [0, 0.05) is 18.7 Å². The lowest BCUT2D eigenvalue weighted by atomic mass is 9.98. The van der Waals surface area contributed by atoms with E-state index < -0.39 is 11.9 Å². The second-order valence-corrected chi connectivity index (χ2v) is 9.03. The molecule has 2 amide bonds. The van der Waals surface area contributed by atoms with E-state index in [-0.39, 0.29) is 24.8 Å². The van der Waals surface area contributed by atoms with Crippen molar-refractivity contribution >= 4 is 23.8 Å². The Morgan fingerprint density at radius 3 is 2.07 bits per heavy atom. The van der Waals surface area contributed by atoms with Gasteiger partial charge in [-0.05, 0) is 78.6 Å². The van der Waals surface area contributed by atoms with E-state index in [1.54, 1.807) is 36.4 Å². The first-order valence-corrected chi connectivity index (χ1v) is 13.0. The van der Waals surface area contributed by atoms with Crippen molar-refractivity contribution in [2.24, 2.45) is 0 Å². The molecule has 1 aliphatic rings. The largest absolute Gasteiger partial charge is 0.494 e. The molecule has 0 unspecified atom stereocenters. The Hall–Kier alpha value is -5.18. The number of aryl methyl sites for hydroxylation is 1. The Kier molecular flexibility index (Phi) is 9.66. The number of ether oxygens (including phenoxy) is 4. The molecule has 0 N–H and O–H groups in total. The second kappa shape index (κ2) is 13.7. The van der Waals surface area contributed by atoms with E-state index in [0.29, 0.717) is 42.4 Å². The number of benzene rings is 3. The Morgan fingerprint density at radius 1 is 0.829 bits per heavy atom. The normalized spacial score (nSPS) is 12.3. The summed E-state index contributed by atoms with van der Waals surface area (Å²) in [6, 6.07) is 19.4. The van der Waals surface area contributed by atoms with Crippen LogP contribution in [0.15, 0.2) is 91.7 Å². The van der Waals surface area contributed by atoms with Crippen molar-refractivity contribution in [2.45, 2.75) is 19.8 Å². The van der Waals surface area contributed by atoms with Gasteiger partial charge in [-0.3, -0.25) is 19.3 Å². The number of hydrogen-bond donors (Lipinski definition) is 0. The molecule has 0 fully saturated rings. The van der Waals surface area contributed by atoms with E-state index in [1.165, 1.54) is 17.1 Å². The van der Waals surface area contributed by atoms with Gasteiger partial charge >= 0.3 is 11.9 Å². The minimum absolute atomic E-state index is 0.0847. The first-order valence-electron chi connectivity index (χ1n) is 13.0. The summed E-state index contributed by atoms with van der Waals surface area (Å²) in [5, 5.41) is 0. The van der Waals surface area contributed by atoms with Gasteiger partial charge in [-0.2, -0.15) is 0 Å². The van der Waals surface area contributed by atoms with Crippen molar-refractivity contribution in [3.8, 4) is 28.4 Å². The summed E-state index contributed by atoms with van der Waals surface area (Å²) >= 11 is 0. The zero-order chi connectivity index (χ0) is 29.2. The van der Waals surface area contributed by atoms with Crippen molar-refractivity contribution in [2.75, 3.05) is 19.8 Å². The standard InChI is InChI=1S/C32H29NO8/c1-3-38-31(36)17-20-40-26-10-12-27(13-11-26)41-32(37)24-7-14-28(22(2)21-24)23-5-8-25(9-6-23)39-19-4-18-33-29(34)15-16-30(33)35/h3,5-16,21H,1,4,17-20H2,2H3. The van der Waals surface area contributed by atoms with Crippen LogP contribution < -0.4 is 14.2 Å². The summed E-state index contributed by atoms with van der Waals surface area (Å²) in [5.74, 6) is 0.0533. The third kappa shape index (κ3) is 7.92. The predicted octanol–water partition coefficient (Wildman–Crippen LogP) is 5.03. The lowest BCUT2D eigenvalue weighted by Crippen LogP contribution is -2.31. The molecule has 0 saturated heterocycles. The van der Waals surface area contributed by atoms with Crippen LogP contribution in [0.5, 0.6) is 17.2 Å². The van der Waals surface area contributed by atoms with Gasteiger partial charge in [0.1, 0.15) is 17.2 Å². The highest BCUT2D eigenvalue weighted by Gasteiger charge is 2.22. The molecule has 3 aromatic carbocycles. The maximum atomic E-state index is 12.7. The van der Waals surface area contributed by atoms with Crippen LogP contribution in [0.4, 0.5) is 0 Å². The summed E-state index contributed by atoms with van der Waals surface area (Å²) in [4.78, 5) is 48.4. The molecule has 9 nitrogen and oxygen atoms in total. The number of amides is 2. The lowest BCUT2D eigenvalue weighted by Gasteiger charge is -2.14. The molecule has 0 saturated carbocycles. The average molecular weight is 556 g/mol. The quantitative estimate of drug-likeness (QED) is 0.0950. The molecule has 0 aromatic heterocycles. The van der Waals surface area contributed by atoms with E-state index in [2.05, 4.69) is 11.3 Å². The maximum Gasteiger partial charge on any atom is 0.343 e. The first kappa shape index (κ1) is 28.8. The highest BCUT2D eigenvalue weighted by Crippen LogP contribution is 2.27. The van der Waals surface area contributed by atoms with Gasteiger partial charge in [0.05, 0.1) is 31.5 Å². The van der Waals surface area contributed by atoms with Gasteiger partial charge in [0.15, 0.2) is 0 Å². The smallest absolute Gasteiger partial charge is 0.343 e. The number of carbonyl (C=O) groups is 4. The van der Waals surface area contributed by atoms with E-state index in [0.717, 1.165) is 23.0 Å². The average Bonchev–Trinajstić information content (AvgIpc) is 3.29. The zero-order valence-corrected chi connectivity index (χ0v) is 22.5. The fourth-order valence-corrected chi connectivity index (χ4v) is 4.08. The number of rotatable bonds is 13. The zero-order valence-electron chi connectivity index (χ0n) is 22.5. The van der Waals surface area contributed by atoms with Gasteiger partial charge in [0.25, 0.3) is 11.8 Å². The van der Waals surface area contributed by atoms with E-state index >= 15 is 0 Å². The SMILES string of the molecule is C=COC(=O)CCOc1ccc(OC(=O)c2ccc(-c3ccc(OCCCN4C(=O)C=CC4=O)cc3)c(C)c2)cc1. The van der Waals surface area contributed by atoms with Crippen LogP contribution in [0, 0.1) is 6.92 Å². The van der Waals surface area contributed by atoms with E-state index in [9.17, 15) is 19.2 Å². The molecule has 1 heterocycles. The molecule has 3 aromatic rings. The van der Waals surface area contributed by atoms with Crippen molar-refractivity contribution in [1.82, 2.24) is 4.90 Å². The molecular weight excluding hydrogens is 526 g/mol. The van der Waals surface area contributed by atoms with Crippen molar-refractivity contribution < 1.29 is 38.1 Å². The molecule has 0 aliphatic carbocycles. The highest BCUT2D eigenvalue weighted by atomic mass is 16.5. The van der Waals surface area contributed by atoms with Crippen LogP contribution in [0.2, 0.25) is 0 Å². The van der Waals surface area contributed by atoms with Crippen LogP contribution in [0.25, 0.3) is 11.1 Å². The van der Waals surface area contributed by atoms with Gasteiger partial charge in [-0.25, -0.2) is 4.79 Å². The Morgan fingerprint density at radius 2 is 1.44 bits per heavy atom. The maximum absolute atomic E-state index is 12.7. The monoisotopic (exact) mass is 555 g/mol. The van der Waals surface area contributed by atoms with Crippen LogP contribution in [-0.2, 0) is 19.1 Å². The lowest BCUT2D eigenvalue weighted by molar-refractivity contribution is -0.139. The minimum atomic E-state index is -0.489. The summed E-state index contributed by atoms with van der Waals surface area (Å²) in [5.41, 5.74) is 3.24. The topological polar surface area (TPSA) is 108 Å². The Bertz CT molecular complexity index is 1440. The number of nitrogens with zero attached hydrogens (tertiary/aromatic N) is 1. The van der Waals surface area contributed by atoms with Crippen LogP contribution >= 0.6 is 0 Å². The number of esters is 2. The fraction of sp³-hybridized carbons (Fsp3) is 0.188. The van der Waals surface area contributed by atoms with Gasteiger partial charge in [-0.15, -0.1) is 0 Å². The van der Waals surface area contributed by atoms with E-state index in [4.69, 9.17) is 14.2 Å². The summed E-state index contributed by atoms with van der Waals surface area (Å²) in [6.45, 7) is 6.08. The van der Waals surface area contributed by atoms with Crippen molar-refractivity contribution in [1.29, 1.82) is 0 Å². The minimum Gasteiger partial charge on any atom is -0.494 e. The summed E-state index contributed by atoms with van der Waals surface area (Å²) in [7, 11) is 0. The van der Waals surface area contributed by atoms with Crippen molar-refractivity contribution in [3.05, 3.63) is 103 Å². The number of hydrogen-bond acceptors (Lipinski definition) is 8. The predicted molar refractivity (Wildman–Crippen MR) is 150 cm³/mol. The third-order valence-electron chi connectivity index (χ3n) is 6.15. The molecule has 0 atom stereocenters. The van der Waals surface area contributed by atoms with Crippen molar-refractivity contribution in [3.63, 3.8) is 0 Å². The van der Waals surface area contributed by atoms with Crippen LogP contribution in [0.3, 0.4) is 0 Å². The molecule has 9 heteroatoms. The molecule has 0 bridgehead atoms. The second-order valence-electron chi connectivity index (χ2n) is 9.03.